The highest BCUT2D eigenvalue weighted by molar-refractivity contribution is 6.28. The highest BCUT2D eigenvalue weighted by atomic mass is 16.3. The molecule has 1 aromatic rings. The Hall–Kier alpha value is -2.63. The fourth-order valence-corrected chi connectivity index (χ4v) is 2.24. The van der Waals surface area contributed by atoms with E-state index >= 15 is 0 Å². The van der Waals surface area contributed by atoms with Gasteiger partial charge in [0.2, 0.25) is 0 Å². The Morgan fingerprint density at radius 2 is 2.04 bits per heavy atom. The first-order chi connectivity index (χ1) is 11.1. The van der Waals surface area contributed by atoms with Crippen LogP contribution in [0.15, 0.2) is 40.5 Å². The van der Waals surface area contributed by atoms with Crippen molar-refractivity contribution < 1.29 is 18.8 Å². The number of urea groups is 1. The Morgan fingerprint density at radius 3 is 2.74 bits per heavy atom. The van der Waals surface area contributed by atoms with E-state index in [0.717, 1.165) is 30.6 Å². The molecule has 0 atom stereocenters. The lowest BCUT2D eigenvalue weighted by atomic mass is 10.1. The number of imide groups is 2. The van der Waals surface area contributed by atoms with Crippen LogP contribution in [0.1, 0.15) is 38.4 Å². The first-order valence-corrected chi connectivity index (χ1v) is 7.72. The van der Waals surface area contributed by atoms with Crippen LogP contribution in [0.2, 0.25) is 0 Å². The molecule has 1 saturated heterocycles. The third-order valence-electron chi connectivity index (χ3n) is 3.49. The van der Waals surface area contributed by atoms with Crippen molar-refractivity contribution in [3.8, 4) is 0 Å². The summed E-state index contributed by atoms with van der Waals surface area (Å²) in [6.45, 7) is 2.40. The molecule has 0 saturated carbocycles. The minimum absolute atomic E-state index is 0.0529. The lowest BCUT2D eigenvalue weighted by Gasteiger charge is -2.26. The van der Waals surface area contributed by atoms with Crippen LogP contribution in [0.4, 0.5) is 4.79 Å². The maximum atomic E-state index is 12.3. The van der Waals surface area contributed by atoms with Crippen molar-refractivity contribution in [2.24, 2.45) is 0 Å². The monoisotopic (exact) mass is 316 g/mol. The average molecular weight is 316 g/mol. The molecule has 1 N–H and O–H groups in total. The number of barbiturate groups is 1. The van der Waals surface area contributed by atoms with Gasteiger partial charge in [0, 0.05) is 6.54 Å². The van der Waals surface area contributed by atoms with Crippen LogP contribution in [0.25, 0.3) is 6.08 Å². The zero-order valence-corrected chi connectivity index (χ0v) is 13.1. The largest absolute Gasteiger partial charge is 0.465 e. The molecule has 0 aliphatic carbocycles. The quantitative estimate of drug-likeness (QED) is 0.476. The normalized spacial score (nSPS) is 17.3. The summed E-state index contributed by atoms with van der Waals surface area (Å²) in [5.74, 6) is -0.619. The van der Waals surface area contributed by atoms with Crippen LogP contribution < -0.4 is 5.32 Å². The van der Waals surface area contributed by atoms with Gasteiger partial charge in [-0.25, -0.2) is 4.79 Å². The molecule has 1 aromatic heterocycles. The van der Waals surface area contributed by atoms with Crippen LogP contribution in [-0.2, 0) is 9.59 Å². The smallest absolute Gasteiger partial charge is 0.331 e. The molecule has 6 nitrogen and oxygen atoms in total. The highest BCUT2D eigenvalue weighted by Crippen LogP contribution is 2.12. The second-order valence-electron chi connectivity index (χ2n) is 5.23. The lowest BCUT2D eigenvalue weighted by Crippen LogP contribution is -2.54. The van der Waals surface area contributed by atoms with E-state index in [1.165, 1.54) is 12.3 Å². The summed E-state index contributed by atoms with van der Waals surface area (Å²) < 4.78 is 5.12. The van der Waals surface area contributed by atoms with Crippen molar-refractivity contribution in [3.63, 3.8) is 0 Å². The van der Waals surface area contributed by atoms with Gasteiger partial charge in [0.15, 0.2) is 0 Å². The van der Waals surface area contributed by atoms with Crippen molar-refractivity contribution in [1.82, 2.24) is 10.2 Å². The number of nitrogens with one attached hydrogen (secondary N) is 1. The molecular formula is C17H20N2O4. The Bertz CT molecular complexity index is 629. The van der Waals surface area contributed by atoms with Crippen LogP contribution in [0.5, 0.6) is 0 Å². The van der Waals surface area contributed by atoms with Crippen LogP contribution in [-0.4, -0.2) is 29.3 Å². The lowest BCUT2D eigenvalue weighted by molar-refractivity contribution is -0.130. The summed E-state index contributed by atoms with van der Waals surface area (Å²) in [6.07, 6.45) is 9.91. The SMILES string of the molecule is CCCCCCN1C(=O)NC(=O)/C(=C\C=C\c2ccco2)C1=O. The van der Waals surface area contributed by atoms with Gasteiger partial charge in [0.25, 0.3) is 11.8 Å². The molecule has 23 heavy (non-hydrogen) atoms. The van der Waals surface area contributed by atoms with Gasteiger partial charge in [0.1, 0.15) is 11.3 Å². The second-order valence-corrected chi connectivity index (χ2v) is 5.23. The number of carbonyl (C=O) groups is 3. The number of amides is 4. The predicted molar refractivity (Wildman–Crippen MR) is 85.2 cm³/mol. The van der Waals surface area contributed by atoms with Gasteiger partial charge in [-0.1, -0.05) is 32.3 Å². The zero-order chi connectivity index (χ0) is 16.7. The van der Waals surface area contributed by atoms with Gasteiger partial charge in [-0.15, -0.1) is 0 Å². The number of carbonyl (C=O) groups excluding carboxylic acids is 3. The van der Waals surface area contributed by atoms with E-state index < -0.39 is 17.8 Å². The summed E-state index contributed by atoms with van der Waals surface area (Å²) in [4.78, 5) is 37.0. The number of hydrogen-bond acceptors (Lipinski definition) is 4. The van der Waals surface area contributed by atoms with Gasteiger partial charge in [0.05, 0.1) is 6.26 Å². The third-order valence-corrected chi connectivity index (χ3v) is 3.49. The second kappa shape index (κ2) is 8.12. The topological polar surface area (TPSA) is 79.6 Å². The van der Waals surface area contributed by atoms with E-state index in [1.807, 2.05) is 0 Å². The Balaban J connectivity index is 2.04. The molecule has 4 amide bonds. The van der Waals surface area contributed by atoms with E-state index in [4.69, 9.17) is 4.42 Å². The molecule has 0 unspecified atom stereocenters. The predicted octanol–water partition coefficient (Wildman–Crippen LogP) is 2.88. The molecule has 2 heterocycles. The first-order valence-electron chi connectivity index (χ1n) is 7.72. The molecule has 0 spiro atoms. The first kappa shape index (κ1) is 16.7. The Kier molecular flexibility index (Phi) is 5.91. The molecule has 0 aromatic carbocycles. The average Bonchev–Trinajstić information content (AvgIpc) is 3.03. The molecule has 6 heteroatoms. The van der Waals surface area contributed by atoms with Gasteiger partial charge in [-0.05, 0) is 30.7 Å². The number of allylic oxidation sites excluding steroid dienone is 2. The van der Waals surface area contributed by atoms with Crippen molar-refractivity contribution in [3.05, 3.63) is 41.9 Å². The number of unbranched alkanes of at least 4 members (excludes halogenated alkanes) is 3. The summed E-state index contributed by atoms with van der Waals surface area (Å²) in [5.41, 5.74) is -0.0529. The summed E-state index contributed by atoms with van der Waals surface area (Å²) in [5, 5.41) is 2.20. The van der Waals surface area contributed by atoms with Crippen LogP contribution in [0, 0.1) is 0 Å². The molecule has 1 aliphatic heterocycles. The third kappa shape index (κ3) is 4.42. The van der Waals surface area contributed by atoms with E-state index in [2.05, 4.69) is 12.2 Å². The minimum Gasteiger partial charge on any atom is -0.465 e. The summed E-state index contributed by atoms with van der Waals surface area (Å²) >= 11 is 0. The molecule has 2 rings (SSSR count). The summed E-state index contributed by atoms with van der Waals surface area (Å²) in [7, 11) is 0. The molecule has 0 radical (unpaired) electrons. The maximum Gasteiger partial charge on any atom is 0.331 e. The van der Waals surface area contributed by atoms with E-state index in [1.54, 1.807) is 24.3 Å². The van der Waals surface area contributed by atoms with Crippen LogP contribution in [0.3, 0.4) is 0 Å². The fourth-order valence-electron chi connectivity index (χ4n) is 2.24. The summed E-state index contributed by atoms with van der Waals surface area (Å²) in [6, 6.07) is 2.84. The molecule has 0 bridgehead atoms. The van der Waals surface area contributed by atoms with E-state index in [-0.39, 0.29) is 5.57 Å². The van der Waals surface area contributed by atoms with Crippen LogP contribution >= 0.6 is 0 Å². The molecule has 1 fully saturated rings. The highest BCUT2D eigenvalue weighted by Gasteiger charge is 2.34. The van der Waals surface area contributed by atoms with Crippen molar-refractivity contribution in [1.29, 1.82) is 0 Å². The van der Waals surface area contributed by atoms with E-state index in [9.17, 15) is 14.4 Å². The van der Waals surface area contributed by atoms with Gasteiger partial charge < -0.3 is 4.42 Å². The molecule has 1 aliphatic rings. The maximum absolute atomic E-state index is 12.3. The number of rotatable bonds is 7. The minimum atomic E-state index is -0.672. The fraction of sp³-hybridized carbons (Fsp3) is 0.353. The molecule has 122 valence electrons. The van der Waals surface area contributed by atoms with Crippen molar-refractivity contribution in [2.45, 2.75) is 32.6 Å². The zero-order valence-electron chi connectivity index (χ0n) is 13.1. The number of hydrogen-bond donors (Lipinski definition) is 1. The van der Waals surface area contributed by atoms with Gasteiger partial charge in [-0.2, -0.15) is 0 Å². The van der Waals surface area contributed by atoms with E-state index in [0.29, 0.717) is 12.3 Å². The number of furan rings is 1. The number of nitrogens with zero attached hydrogens (tertiary/aromatic N) is 1. The standard InChI is InChI=1S/C17H20N2O4/c1-2-3-4-5-11-19-16(21)14(15(20)18-17(19)22)10-6-8-13-9-7-12-23-13/h6-10,12H,2-5,11H2,1H3,(H,18,20,22)/b8-6+,14-10+. The Labute approximate surface area is 134 Å². The van der Waals surface area contributed by atoms with Crippen molar-refractivity contribution in [2.75, 3.05) is 6.54 Å². The Morgan fingerprint density at radius 1 is 1.22 bits per heavy atom. The van der Waals surface area contributed by atoms with Gasteiger partial charge in [-0.3, -0.25) is 19.8 Å². The van der Waals surface area contributed by atoms with Crippen molar-refractivity contribution >= 4 is 23.9 Å². The van der Waals surface area contributed by atoms with Gasteiger partial charge >= 0.3 is 6.03 Å². The molecular weight excluding hydrogens is 296 g/mol.